The molecule has 1 aromatic heterocycles. The average molecular weight is 585 g/mol. The van der Waals surface area contributed by atoms with Crippen molar-refractivity contribution in [2.45, 2.75) is 38.6 Å². The minimum absolute atomic E-state index is 0.102. The Morgan fingerprint density at radius 1 is 0.977 bits per heavy atom. The number of nitrogens with one attached hydrogen (secondary N) is 4. The summed E-state index contributed by atoms with van der Waals surface area (Å²) in [6.07, 6.45) is 3.85. The van der Waals surface area contributed by atoms with Gasteiger partial charge in [-0.3, -0.25) is 14.4 Å². The molecule has 10 nitrogen and oxygen atoms in total. The number of hydrogen-bond donors (Lipinski definition) is 4. The standard InChI is InChI=1S/C33H36N4O6/c1-19(38)36-26-12-10-20-17-29(41-2)32(42-3)33(43-4)31(20)21-11-13-27(28(39)18-23(21)26)34-15-6-9-30(40)37-25-8-5-7-24-22(25)14-16-35-24/h5,7-8,11,13-14,16-18,26,35H,6,9-10,12,15H2,1-4H3,(H,34,39)(H,36,38)(H,37,40). The van der Waals surface area contributed by atoms with Crippen LogP contribution in [-0.2, 0) is 16.0 Å². The summed E-state index contributed by atoms with van der Waals surface area (Å²) < 4.78 is 17.1. The number of rotatable bonds is 10. The van der Waals surface area contributed by atoms with Gasteiger partial charge in [0, 0.05) is 42.6 Å². The number of methoxy groups -OCH3 is 3. The number of carbonyl (C=O) groups excluding carboxylic acids is 2. The van der Waals surface area contributed by atoms with E-state index >= 15 is 0 Å². The van der Waals surface area contributed by atoms with Crippen molar-refractivity contribution < 1.29 is 23.8 Å². The van der Waals surface area contributed by atoms with Crippen molar-refractivity contribution in [2.75, 3.05) is 38.5 Å². The third-order valence-corrected chi connectivity index (χ3v) is 7.68. The largest absolute Gasteiger partial charge is 0.493 e. The second-order valence-corrected chi connectivity index (χ2v) is 10.4. The Morgan fingerprint density at radius 3 is 2.53 bits per heavy atom. The van der Waals surface area contributed by atoms with Gasteiger partial charge in [-0.25, -0.2) is 0 Å². The number of benzene rings is 2. The van der Waals surface area contributed by atoms with Gasteiger partial charge in [-0.05, 0) is 72.4 Å². The monoisotopic (exact) mass is 584 g/mol. The zero-order valence-corrected chi connectivity index (χ0v) is 24.8. The molecule has 43 heavy (non-hydrogen) atoms. The molecule has 1 aliphatic carbocycles. The Kier molecular flexibility index (Phi) is 8.85. The fourth-order valence-corrected chi connectivity index (χ4v) is 5.73. The fraction of sp³-hybridized carbons (Fsp3) is 0.303. The molecule has 1 heterocycles. The van der Waals surface area contributed by atoms with Gasteiger partial charge < -0.3 is 35.1 Å². The number of ether oxygens (including phenoxy) is 3. The topological polar surface area (TPSA) is 131 Å². The first-order chi connectivity index (χ1) is 20.8. The smallest absolute Gasteiger partial charge is 0.224 e. The van der Waals surface area contributed by atoms with E-state index < -0.39 is 0 Å². The maximum atomic E-state index is 13.5. The lowest BCUT2D eigenvalue weighted by atomic mass is 9.95. The van der Waals surface area contributed by atoms with Crippen LogP contribution in [0.3, 0.4) is 0 Å². The predicted octanol–water partition coefficient (Wildman–Crippen LogP) is 5.18. The van der Waals surface area contributed by atoms with Crippen molar-refractivity contribution in [1.82, 2.24) is 10.3 Å². The highest BCUT2D eigenvalue weighted by Crippen LogP contribution is 2.50. The van der Waals surface area contributed by atoms with Crippen molar-refractivity contribution >= 4 is 34.1 Å². The normalized spacial score (nSPS) is 13.7. The molecule has 0 aliphatic heterocycles. The Labute approximate surface area is 249 Å². The van der Waals surface area contributed by atoms with Crippen LogP contribution < -0.4 is 35.6 Å². The van der Waals surface area contributed by atoms with Crippen LogP contribution in [0.25, 0.3) is 22.0 Å². The van der Waals surface area contributed by atoms with E-state index in [9.17, 15) is 14.4 Å². The lowest BCUT2D eigenvalue weighted by Crippen LogP contribution is -2.26. The van der Waals surface area contributed by atoms with Crippen LogP contribution in [0, 0.1) is 0 Å². The molecule has 4 N–H and O–H groups in total. The SMILES string of the molecule is COc1cc2c(c(OC)c1OC)-c1ccc(NCCCC(=O)Nc3cccc4[nH]ccc34)c(=O)cc1C(NC(C)=O)CC2. The van der Waals surface area contributed by atoms with E-state index in [0.29, 0.717) is 54.3 Å². The summed E-state index contributed by atoms with van der Waals surface area (Å²) in [5.74, 6) is 1.20. The summed E-state index contributed by atoms with van der Waals surface area (Å²) in [6, 6.07) is 14.4. The van der Waals surface area contributed by atoms with Gasteiger partial charge in [0.2, 0.25) is 23.0 Å². The molecule has 1 unspecified atom stereocenters. The minimum atomic E-state index is -0.386. The van der Waals surface area contributed by atoms with Crippen molar-refractivity contribution in [3.05, 3.63) is 76.1 Å². The van der Waals surface area contributed by atoms with Gasteiger partial charge in [0.05, 0.1) is 38.7 Å². The molecule has 10 heteroatoms. The van der Waals surface area contributed by atoms with E-state index in [-0.39, 0.29) is 29.7 Å². The zero-order chi connectivity index (χ0) is 30.5. The number of aryl methyl sites for hydroxylation is 1. The highest BCUT2D eigenvalue weighted by molar-refractivity contribution is 6.01. The number of aromatic amines is 1. The molecule has 2 amide bonds. The first kappa shape index (κ1) is 29.5. The predicted molar refractivity (Wildman–Crippen MR) is 167 cm³/mol. The van der Waals surface area contributed by atoms with Gasteiger partial charge >= 0.3 is 0 Å². The number of H-pyrrole nitrogens is 1. The van der Waals surface area contributed by atoms with Crippen molar-refractivity contribution in [1.29, 1.82) is 0 Å². The first-order valence-corrected chi connectivity index (χ1v) is 14.2. The molecule has 0 saturated carbocycles. The highest BCUT2D eigenvalue weighted by Gasteiger charge is 2.29. The zero-order valence-electron chi connectivity index (χ0n) is 24.8. The van der Waals surface area contributed by atoms with Gasteiger partial charge in [0.25, 0.3) is 0 Å². The third-order valence-electron chi connectivity index (χ3n) is 7.68. The van der Waals surface area contributed by atoms with Crippen molar-refractivity contribution in [2.24, 2.45) is 0 Å². The molecular formula is C33H36N4O6. The number of anilines is 2. The second kappa shape index (κ2) is 12.9. The van der Waals surface area contributed by atoms with E-state index in [1.165, 1.54) is 6.92 Å². The Hall–Kier alpha value is -4.99. The Balaban J connectivity index is 1.40. The summed E-state index contributed by atoms with van der Waals surface area (Å²) in [4.78, 5) is 41.4. The van der Waals surface area contributed by atoms with Crippen molar-refractivity contribution in [3.8, 4) is 28.4 Å². The van der Waals surface area contributed by atoms with Crippen LogP contribution in [0.2, 0.25) is 0 Å². The van der Waals surface area contributed by atoms with Crippen LogP contribution >= 0.6 is 0 Å². The quantitative estimate of drug-likeness (QED) is 0.189. The lowest BCUT2D eigenvalue weighted by Gasteiger charge is -2.19. The number of hydrogen-bond acceptors (Lipinski definition) is 7. The summed E-state index contributed by atoms with van der Waals surface area (Å²) in [6.45, 7) is 1.89. The molecule has 0 radical (unpaired) electrons. The number of amides is 2. The molecule has 0 saturated heterocycles. The Bertz CT molecular complexity index is 1730. The van der Waals surface area contributed by atoms with E-state index in [2.05, 4.69) is 20.9 Å². The lowest BCUT2D eigenvalue weighted by molar-refractivity contribution is -0.119. The Morgan fingerprint density at radius 2 is 1.79 bits per heavy atom. The molecular weight excluding hydrogens is 548 g/mol. The van der Waals surface area contributed by atoms with E-state index in [0.717, 1.165) is 33.3 Å². The molecule has 4 aromatic rings. The maximum Gasteiger partial charge on any atom is 0.224 e. The average Bonchev–Trinajstić information content (AvgIpc) is 3.37. The molecule has 0 spiro atoms. The molecule has 1 aliphatic rings. The maximum absolute atomic E-state index is 13.5. The second-order valence-electron chi connectivity index (χ2n) is 10.4. The van der Waals surface area contributed by atoms with Crippen LogP contribution in [0.5, 0.6) is 17.2 Å². The minimum Gasteiger partial charge on any atom is -0.493 e. The van der Waals surface area contributed by atoms with Gasteiger partial charge in [0.1, 0.15) is 0 Å². The summed E-state index contributed by atoms with van der Waals surface area (Å²) in [5, 5.41) is 10.1. The van der Waals surface area contributed by atoms with Gasteiger partial charge in [0.15, 0.2) is 11.5 Å². The summed E-state index contributed by atoms with van der Waals surface area (Å²) in [7, 11) is 4.69. The van der Waals surface area contributed by atoms with Gasteiger partial charge in [-0.2, -0.15) is 0 Å². The fourth-order valence-electron chi connectivity index (χ4n) is 5.73. The summed E-state index contributed by atoms with van der Waals surface area (Å²) in [5.41, 5.74) is 5.08. The first-order valence-electron chi connectivity index (χ1n) is 14.2. The van der Waals surface area contributed by atoms with E-state index in [4.69, 9.17) is 14.2 Å². The van der Waals surface area contributed by atoms with Crippen LogP contribution in [0.1, 0.15) is 43.4 Å². The van der Waals surface area contributed by atoms with Crippen molar-refractivity contribution in [3.63, 3.8) is 0 Å². The molecule has 3 aromatic carbocycles. The highest BCUT2D eigenvalue weighted by atomic mass is 16.5. The van der Waals surface area contributed by atoms with Gasteiger partial charge in [-0.15, -0.1) is 0 Å². The number of fused-ring (bicyclic) bond motifs is 4. The molecule has 1 atom stereocenters. The number of carbonyl (C=O) groups is 2. The molecule has 224 valence electrons. The molecule has 0 bridgehead atoms. The van der Waals surface area contributed by atoms with Gasteiger partial charge in [-0.1, -0.05) is 12.1 Å². The van der Waals surface area contributed by atoms with E-state index in [1.807, 2.05) is 42.6 Å². The number of aromatic nitrogens is 1. The van der Waals surface area contributed by atoms with Crippen LogP contribution in [0.15, 0.2) is 59.5 Å². The third kappa shape index (κ3) is 6.13. The van der Waals surface area contributed by atoms with Crippen LogP contribution in [-0.4, -0.2) is 44.7 Å². The van der Waals surface area contributed by atoms with E-state index in [1.54, 1.807) is 33.5 Å². The molecule has 5 rings (SSSR count). The summed E-state index contributed by atoms with van der Waals surface area (Å²) >= 11 is 0. The van der Waals surface area contributed by atoms with Crippen LogP contribution in [0.4, 0.5) is 11.4 Å². The molecule has 0 fully saturated rings.